The van der Waals surface area contributed by atoms with Crippen molar-refractivity contribution in [3.63, 3.8) is 0 Å². The van der Waals surface area contributed by atoms with E-state index in [1.807, 2.05) is 6.92 Å². The zero-order valence-corrected chi connectivity index (χ0v) is 14.5. The number of hydrogen-bond acceptors (Lipinski definition) is 5. The summed E-state index contributed by atoms with van der Waals surface area (Å²) in [6, 6.07) is 10.2. The van der Waals surface area contributed by atoms with Gasteiger partial charge in [-0.1, -0.05) is 6.92 Å². The number of ether oxygens (including phenoxy) is 1. The van der Waals surface area contributed by atoms with E-state index in [1.54, 1.807) is 36.4 Å². The van der Waals surface area contributed by atoms with Crippen LogP contribution in [0.5, 0.6) is 5.75 Å². The van der Waals surface area contributed by atoms with E-state index >= 15 is 0 Å². The zero-order valence-electron chi connectivity index (χ0n) is 12.9. The molecular weight excluding hydrogens is 378 g/mol. The molecule has 24 heavy (non-hydrogen) atoms. The van der Waals surface area contributed by atoms with Crippen molar-refractivity contribution in [2.75, 3.05) is 6.61 Å². The second-order valence-electron chi connectivity index (χ2n) is 4.74. The van der Waals surface area contributed by atoms with Gasteiger partial charge in [-0.15, -0.1) is 0 Å². The molecule has 0 aliphatic carbocycles. The van der Waals surface area contributed by atoms with Gasteiger partial charge in [0.1, 0.15) is 5.75 Å². The third kappa shape index (κ3) is 4.95. The molecule has 1 aromatic heterocycles. The highest BCUT2D eigenvalue weighted by molar-refractivity contribution is 9.10. The zero-order chi connectivity index (χ0) is 17.5. The number of carbonyl (C=O) groups excluding carboxylic acids is 2. The first-order chi connectivity index (χ1) is 11.5. The number of carbonyl (C=O) groups is 2. The van der Waals surface area contributed by atoms with Crippen LogP contribution in [0.1, 0.15) is 29.5 Å². The molecule has 8 heteroatoms. The lowest BCUT2D eigenvalue weighted by Crippen LogP contribution is -2.20. The molecule has 2 rings (SSSR count). The van der Waals surface area contributed by atoms with E-state index < -0.39 is 11.8 Å². The minimum atomic E-state index is -0.540. The largest absolute Gasteiger partial charge is 0.484 e. The highest BCUT2D eigenvalue weighted by Gasteiger charge is 2.10. The normalized spacial score (nSPS) is 11.2. The molecule has 2 amide bonds. The summed E-state index contributed by atoms with van der Waals surface area (Å²) < 4.78 is 10.8. The molecule has 2 aromatic rings. The molecular formula is C16H16BrN3O4. The Morgan fingerprint density at radius 2 is 1.96 bits per heavy atom. The fourth-order valence-electron chi connectivity index (χ4n) is 1.86. The molecule has 0 radical (unpaired) electrons. The standard InChI is InChI=1S/C16H16BrN3O4/c1-2-12(19-20-16(22)13-7-8-14(17)24-13)10-3-5-11(6-4-10)23-9-15(18)21/h3-8H,2,9H2,1H3,(H2,18,21)(H,20,22)/b19-12-. The number of nitrogens with two attached hydrogens (primary N) is 1. The average molecular weight is 394 g/mol. The second-order valence-corrected chi connectivity index (χ2v) is 5.52. The fraction of sp³-hybridized carbons (Fsp3) is 0.188. The van der Waals surface area contributed by atoms with Gasteiger partial charge in [-0.05, 0) is 64.3 Å². The van der Waals surface area contributed by atoms with Crippen LogP contribution in [-0.4, -0.2) is 24.1 Å². The molecule has 0 bridgehead atoms. The lowest BCUT2D eigenvalue weighted by molar-refractivity contribution is -0.119. The van der Waals surface area contributed by atoms with Gasteiger partial charge in [0, 0.05) is 0 Å². The summed E-state index contributed by atoms with van der Waals surface area (Å²) in [4.78, 5) is 22.6. The molecule has 0 aliphatic heterocycles. The van der Waals surface area contributed by atoms with Gasteiger partial charge in [-0.3, -0.25) is 9.59 Å². The minimum absolute atomic E-state index is 0.163. The van der Waals surface area contributed by atoms with E-state index in [-0.39, 0.29) is 12.4 Å². The van der Waals surface area contributed by atoms with E-state index in [2.05, 4.69) is 26.5 Å². The Kier molecular flexibility index (Phi) is 6.14. The number of amides is 2. The van der Waals surface area contributed by atoms with Gasteiger partial charge in [0.2, 0.25) is 0 Å². The second kappa shape index (κ2) is 8.30. The number of primary amides is 1. The van der Waals surface area contributed by atoms with Gasteiger partial charge in [0.15, 0.2) is 17.0 Å². The molecule has 1 aromatic carbocycles. The molecule has 0 atom stereocenters. The summed E-state index contributed by atoms with van der Waals surface area (Å²) in [5.41, 5.74) is 9.00. The Bertz CT molecular complexity index is 753. The number of furan rings is 1. The van der Waals surface area contributed by atoms with Gasteiger partial charge < -0.3 is 14.9 Å². The van der Waals surface area contributed by atoms with Crippen LogP contribution >= 0.6 is 15.9 Å². The summed E-state index contributed by atoms with van der Waals surface area (Å²) in [6.07, 6.45) is 0.615. The SMILES string of the molecule is CC/C(=N/NC(=O)c1ccc(Br)o1)c1ccc(OCC(N)=O)cc1. The number of hydrazone groups is 1. The van der Waals surface area contributed by atoms with Crippen LogP contribution in [-0.2, 0) is 4.79 Å². The van der Waals surface area contributed by atoms with Gasteiger partial charge >= 0.3 is 5.91 Å². The molecule has 0 spiro atoms. The summed E-state index contributed by atoms with van der Waals surface area (Å²) >= 11 is 3.14. The van der Waals surface area contributed by atoms with Crippen molar-refractivity contribution in [2.45, 2.75) is 13.3 Å². The number of hydrogen-bond donors (Lipinski definition) is 2. The number of benzene rings is 1. The van der Waals surface area contributed by atoms with E-state index in [4.69, 9.17) is 14.9 Å². The summed E-state index contributed by atoms with van der Waals surface area (Å²) in [5.74, 6) is -0.288. The van der Waals surface area contributed by atoms with Gasteiger partial charge in [-0.2, -0.15) is 5.10 Å². The van der Waals surface area contributed by atoms with Crippen LogP contribution in [0.3, 0.4) is 0 Å². The van der Waals surface area contributed by atoms with Gasteiger partial charge in [0.25, 0.3) is 5.91 Å². The molecule has 0 aliphatic rings. The van der Waals surface area contributed by atoms with Crippen molar-refractivity contribution >= 4 is 33.5 Å². The van der Waals surface area contributed by atoms with Crippen LogP contribution in [0.4, 0.5) is 0 Å². The maximum atomic E-state index is 11.9. The lowest BCUT2D eigenvalue weighted by atomic mass is 10.1. The predicted molar refractivity (Wildman–Crippen MR) is 91.8 cm³/mol. The monoisotopic (exact) mass is 393 g/mol. The fourth-order valence-corrected chi connectivity index (χ4v) is 2.16. The van der Waals surface area contributed by atoms with Crippen LogP contribution < -0.4 is 15.9 Å². The molecule has 126 valence electrons. The summed E-state index contributed by atoms with van der Waals surface area (Å²) in [6.45, 7) is 1.74. The Hall–Kier alpha value is -2.61. The third-order valence-corrected chi connectivity index (χ3v) is 3.42. The van der Waals surface area contributed by atoms with E-state index in [9.17, 15) is 9.59 Å². The number of halogens is 1. The summed E-state index contributed by atoms with van der Waals surface area (Å²) in [5, 5.41) is 4.13. The number of rotatable bonds is 7. The van der Waals surface area contributed by atoms with Crippen molar-refractivity contribution < 1.29 is 18.7 Å². The first kappa shape index (κ1) is 17.7. The Morgan fingerprint density at radius 3 is 2.50 bits per heavy atom. The molecule has 1 heterocycles. The van der Waals surface area contributed by atoms with Crippen LogP contribution in [0.2, 0.25) is 0 Å². The summed E-state index contributed by atoms with van der Waals surface area (Å²) in [7, 11) is 0. The number of nitrogens with one attached hydrogen (secondary N) is 1. The van der Waals surface area contributed by atoms with E-state index in [1.165, 1.54) is 0 Å². The van der Waals surface area contributed by atoms with E-state index in [0.29, 0.717) is 22.6 Å². The quantitative estimate of drug-likeness (QED) is 0.556. The van der Waals surface area contributed by atoms with Crippen molar-refractivity contribution in [1.29, 1.82) is 0 Å². The van der Waals surface area contributed by atoms with Crippen molar-refractivity contribution in [1.82, 2.24) is 5.43 Å². The lowest BCUT2D eigenvalue weighted by Gasteiger charge is -2.07. The number of nitrogens with zero attached hydrogens (tertiary/aromatic N) is 1. The van der Waals surface area contributed by atoms with Crippen molar-refractivity contribution in [3.8, 4) is 5.75 Å². The Morgan fingerprint density at radius 1 is 1.25 bits per heavy atom. The van der Waals surface area contributed by atoms with Gasteiger partial charge in [0.05, 0.1) is 5.71 Å². The molecule has 0 fully saturated rings. The molecule has 7 nitrogen and oxygen atoms in total. The average Bonchev–Trinajstić information content (AvgIpc) is 3.01. The Labute approximate surface area is 147 Å². The van der Waals surface area contributed by atoms with Gasteiger partial charge in [-0.25, -0.2) is 5.43 Å². The highest BCUT2D eigenvalue weighted by Crippen LogP contribution is 2.15. The first-order valence-electron chi connectivity index (χ1n) is 7.13. The highest BCUT2D eigenvalue weighted by atomic mass is 79.9. The predicted octanol–water partition coefficient (Wildman–Crippen LogP) is 2.45. The first-order valence-corrected chi connectivity index (χ1v) is 7.92. The molecule has 3 N–H and O–H groups in total. The molecule has 0 saturated heterocycles. The topological polar surface area (TPSA) is 107 Å². The van der Waals surface area contributed by atoms with Crippen molar-refractivity contribution in [2.24, 2.45) is 10.8 Å². The maximum absolute atomic E-state index is 11.9. The minimum Gasteiger partial charge on any atom is -0.484 e. The van der Waals surface area contributed by atoms with Crippen LogP contribution in [0.15, 0.2) is 50.6 Å². The molecule has 0 unspecified atom stereocenters. The van der Waals surface area contributed by atoms with E-state index in [0.717, 1.165) is 5.56 Å². The van der Waals surface area contributed by atoms with Crippen LogP contribution in [0, 0.1) is 0 Å². The smallest absolute Gasteiger partial charge is 0.307 e. The maximum Gasteiger partial charge on any atom is 0.307 e. The third-order valence-electron chi connectivity index (χ3n) is 2.99. The Balaban J connectivity index is 2.04. The molecule has 0 saturated carbocycles. The van der Waals surface area contributed by atoms with Crippen molar-refractivity contribution in [3.05, 3.63) is 52.4 Å². The van der Waals surface area contributed by atoms with Crippen LogP contribution in [0.25, 0.3) is 0 Å².